The van der Waals surface area contributed by atoms with E-state index in [0.29, 0.717) is 35.8 Å². The number of aromatic nitrogens is 4. The minimum atomic E-state index is 0.0871. The van der Waals surface area contributed by atoms with Gasteiger partial charge in [-0.05, 0) is 18.3 Å². The fraction of sp³-hybridized carbons (Fsp3) is 0.625. The van der Waals surface area contributed by atoms with Gasteiger partial charge in [-0.25, -0.2) is 15.0 Å². The molecule has 1 aliphatic heterocycles. The molecule has 0 radical (unpaired) electrons. The fourth-order valence-corrected chi connectivity index (χ4v) is 3.67. The lowest BCUT2D eigenvalue weighted by Crippen LogP contribution is -2.48. The number of amides is 1. The summed E-state index contributed by atoms with van der Waals surface area (Å²) in [5, 5.41) is 7.38. The van der Waals surface area contributed by atoms with Crippen LogP contribution in [-0.4, -0.2) is 50.7 Å². The zero-order valence-corrected chi connectivity index (χ0v) is 14.9. The Morgan fingerprint density at radius 3 is 3.08 bits per heavy atom. The van der Waals surface area contributed by atoms with Gasteiger partial charge in [0.2, 0.25) is 5.91 Å². The van der Waals surface area contributed by atoms with Gasteiger partial charge >= 0.3 is 0 Å². The number of carbonyl (C=O) groups excluding carboxylic acids is 1. The maximum absolute atomic E-state index is 12.0. The van der Waals surface area contributed by atoms with Crippen molar-refractivity contribution in [3.8, 4) is 0 Å². The van der Waals surface area contributed by atoms with Crippen LogP contribution in [0.2, 0.25) is 0 Å². The molecule has 0 saturated carbocycles. The number of piperidine rings is 1. The third-order valence-corrected chi connectivity index (χ3v) is 5.33. The highest BCUT2D eigenvalue weighted by atomic mass is 32.2. The molecule has 24 heavy (non-hydrogen) atoms. The van der Waals surface area contributed by atoms with E-state index in [1.54, 1.807) is 18.1 Å². The molecule has 1 amide bonds. The lowest BCUT2D eigenvalue weighted by molar-refractivity contribution is -0.120. The second kappa shape index (κ2) is 7.48. The van der Waals surface area contributed by atoms with E-state index in [0.717, 1.165) is 23.5 Å². The average molecular weight is 348 g/mol. The lowest BCUT2D eigenvalue weighted by Gasteiger charge is -2.35. The highest BCUT2D eigenvalue weighted by molar-refractivity contribution is 7.99. The normalized spacial score (nSPS) is 20.2. The number of imidazole rings is 1. The highest BCUT2D eigenvalue weighted by Crippen LogP contribution is 2.26. The van der Waals surface area contributed by atoms with E-state index >= 15 is 0 Å². The molecular formula is C16H24N6OS. The Bertz CT molecular complexity index is 691. The Kier molecular flexibility index (Phi) is 5.35. The second-order valence-electron chi connectivity index (χ2n) is 6.96. The molecule has 130 valence electrons. The van der Waals surface area contributed by atoms with Crippen LogP contribution in [0.1, 0.15) is 33.1 Å². The number of carbonyl (C=O) groups is 1. The van der Waals surface area contributed by atoms with Crippen molar-refractivity contribution in [1.29, 1.82) is 0 Å². The Hall–Kier alpha value is -1.67. The highest BCUT2D eigenvalue weighted by Gasteiger charge is 2.26. The zero-order chi connectivity index (χ0) is 17.0. The fourth-order valence-electron chi connectivity index (χ4n) is 2.77. The molecule has 8 heteroatoms. The summed E-state index contributed by atoms with van der Waals surface area (Å²) < 4.78 is 0. The van der Waals surface area contributed by atoms with Crippen molar-refractivity contribution in [3.63, 3.8) is 0 Å². The van der Waals surface area contributed by atoms with Crippen molar-refractivity contribution in [3.05, 3.63) is 12.7 Å². The molecule has 0 aromatic carbocycles. The quantitative estimate of drug-likeness (QED) is 0.543. The largest absolute Gasteiger partial charge is 0.355 e. The maximum atomic E-state index is 12.0. The van der Waals surface area contributed by atoms with E-state index in [2.05, 4.69) is 44.4 Å². The third-order valence-electron chi connectivity index (χ3n) is 4.34. The lowest BCUT2D eigenvalue weighted by atomic mass is 9.82. The summed E-state index contributed by atoms with van der Waals surface area (Å²) in [6, 6.07) is 0.390. The van der Waals surface area contributed by atoms with Crippen molar-refractivity contribution >= 4 is 28.8 Å². The molecule has 3 heterocycles. The molecule has 1 aliphatic rings. The first kappa shape index (κ1) is 17.2. The van der Waals surface area contributed by atoms with Crippen molar-refractivity contribution in [2.45, 2.75) is 44.2 Å². The van der Waals surface area contributed by atoms with Crippen molar-refractivity contribution in [2.24, 2.45) is 5.41 Å². The Morgan fingerprint density at radius 1 is 1.42 bits per heavy atom. The van der Waals surface area contributed by atoms with Crippen LogP contribution in [0.5, 0.6) is 0 Å². The van der Waals surface area contributed by atoms with E-state index in [-0.39, 0.29) is 5.91 Å². The van der Waals surface area contributed by atoms with Crippen molar-refractivity contribution < 1.29 is 4.79 Å². The predicted octanol–water partition coefficient (Wildman–Crippen LogP) is 1.73. The van der Waals surface area contributed by atoms with Gasteiger partial charge in [0.05, 0.1) is 6.33 Å². The van der Waals surface area contributed by atoms with Crippen LogP contribution in [0.3, 0.4) is 0 Å². The molecule has 2 aromatic rings. The predicted molar refractivity (Wildman–Crippen MR) is 94.8 cm³/mol. The number of hydrogen-bond acceptors (Lipinski definition) is 6. The molecule has 0 bridgehead atoms. The number of fused-ring (bicyclic) bond motifs is 1. The van der Waals surface area contributed by atoms with Gasteiger partial charge in [0.15, 0.2) is 5.65 Å². The Labute approximate surface area is 145 Å². The zero-order valence-electron chi connectivity index (χ0n) is 14.1. The van der Waals surface area contributed by atoms with Crippen LogP contribution < -0.4 is 10.6 Å². The molecular weight excluding hydrogens is 324 g/mol. The van der Waals surface area contributed by atoms with Gasteiger partial charge in [-0.15, -0.1) is 11.8 Å². The molecule has 1 fully saturated rings. The van der Waals surface area contributed by atoms with Crippen molar-refractivity contribution in [1.82, 2.24) is 30.6 Å². The Balaban J connectivity index is 1.38. The molecule has 0 aliphatic carbocycles. The molecule has 7 nitrogen and oxygen atoms in total. The molecule has 3 rings (SSSR count). The number of hydrogen-bond donors (Lipinski definition) is 3. The number of nitrogens with zero attached hydrogens (tertiary/aromatic N) is 3. The topological polar surface area (TPSA) is 95.6 Å². The molecule has 2 aromatic heterocycles. The average Bonchev–Trinajstić information content (AvgIpc) is 3.03. The summed E-state index contributed by atoms with van der Waals surface area (Å²) in [6.07, 6.45) is 5.89. The molecule has 3 N–H and O–H groups in total. The van der Waals surface area contributed by atoms with Crippen LogP contribution in [-0.2, 0) is 4.79 Å². The third kappa shape index (κ3) is 4.45. The summed E-state index contributed by atoms with van der Waals surface area (Å²) >= 11 is 1.55. The summed E-state index contributed by atoms with van der Waals surface area (Å²) in [5.74, 6) is 0.770. The summed E-state index contributed by atoms with van der Waals surface area (Å²) in [7, 11) is 0. The molecule has 1 saturated heterocycles. The van der Waals surface area contributed by atoms with E-state index in [1.165, 1.54) is 12.7 Å². The second-order valence-corrected chi connectivity index (χ2v) is 8.05. The summed E-state index contributed by atoms with van der Waals surface area (Å²) in [5.41, 5.74) is 1.85. The minimum absolute atomic E-state index is 0.0871. The van der Waals surface area contributed by atoms with Gasteiger partial charge in [-0.3, -0.25) is 4.79 Å². The first-order valence-corrected chi connectivity index (χ1v) is 9.29. The van der Waals surface area contributed by atoms with Crippen LogP contribution >= 0.6 is 11.8 Å². The van der Waals surface area contributed by atoms with Crippen LogP contribution in [0.25, 0.3) is 11.2 Å². The molecule has 1 atom stereocenters. The first-order valence-electron chi connectivity index (χ1n) is 8.30. The number of nitrogens with one attached hydrogen (secondary N) is 3. The summed E-state index contributed by atoms with van der Waals surface area (Å²) in [4.78, 5) is 27.5. The van der Waals surface area contributed by atoms with Gasteiger partial charge in [0.1, 0.15) is 16.9 Å². The van der Waals surface area contributed by atoms with E-state index in [1.807, 2.05) is 0 Å². The van der Waals surface area contributed by atoms with E-state index in [4.69, 9.17) is 0 Å². The Morgan fingerprint density at radius 2 is 2.29 bits per heavy atom. The minimum Gasteiger partial charge on any atom is -0.355 e. The van der Waals surface area contributed by atoms with Gasteiger partial charge in [0.25, 0.3) is 0 Å². The van der Waals surface area contributed by atoms with E-state index in [9.17, 15) is 4.79 Å². The number of H-pyrrole nitrogens is 1. The monoisotopic (exact) mass is 348 g/mol. The SMILES string of the molecule is CC1(C)CCC(CNC(=O)CCSc2ncnc3nc[nH]c23)NC1. The van der Waals surface area contributed by atoms with Crippen molar-refractivity contribution in [2.75, 3.05) is 18.8 Å². The van der Waals surface area contributed by atoms with Gasteiger partial charge in [-0.2, -0.15) is 0 Å². The van der Waals surface area contributed by atoms with Crippen LogP contribution in [0.4, 0.5) is 0 Å². The first-order chi connectivity index (χ1) is 11.5. The van der Waals surface area contributed by atoms with Crippen LogP contribution in [0, 0.1) is 5.41 Å². The summed E-state index contributed by atoms with van der Waals surface area (Å²) in [6.45, 7) is 6.26. The smallest absolute Gasteiger partial charge is 0.220 e. The number of thioether (sulfide) groups is 1. The standard InChI is InChI=1S/C16H24N6OS/c1-16(2)5-3-11(18-8-16)7-17-12(23)4-6-24-15-13-14(20-9-19-13)21-10-22-15/h9-11,18H,3-8H2,1-2H3,(H,17,23)(H,19,20,21,22). The maximum Gasteiger partial charge on any atom is 0.220 e. The van der Waals surface area contributed by atoms with Gasteiger partial charge in [-0.1, -0.05) is 13.8 Å². The van der Waals surface area contributed by atoms with Gasteiger partial charge < -0.3 is 15.6 Å². The molecule has 0 spiro atoms. The molecule has 1 unspecified atom stereocenters. The number of aromatic amines is 1. The van der Waals surface area contributed by atoms with Gasteiger partial charge in [0, 0.05) is 31.3 Å². The number of rotatable bonds is 6. The van der Waals surface area contributed by atoms with Crippen LogP contribution in [0.15, 0.2) is 17.7 Å². The van der Waals surface area contributed by atoms with E-state index < -0.39 is 0 Å².